The molecule has 2 aromatic carbocycles. The van der Waals surface area contributed by atoms with Gasteiger partial charge in [0.25, 0.3) is 5.56 Å². The van der Waals surface area contributed by atoms with Crippen LogP contribution in [-0.2, 0) is 11.0 Å². The number of aryl methyl sites for hydroxylation is 1. The second-order valence-electron chi connectivity index (χ2n) is 9.79. The topological polar surface area (TPSA) is 105 Å². The Morgan fingerprint density at radius 3 is 2.52 bits per heavy atom. The number of anilines is 3. The van der Waals surface area contributed by atoms with Gasteiger partial charge in [0.05, 0.1) is 0 Å². The second-order valence-corrected chi connectivity index (χ2v) is 10.6. The van der Waals surface area contributed by atoms with E-state index in [0.29, 0.717) is 34.0 Å². The smallest absolute Gasteiger partial charge is 0.260 e. The minimum atomic E-state index is -0.0900. The lowest BCUT2D eigenvalue weighted by Crippen LogP contribution is -2.44. The number of likely N-dealkylation sites (N-methyl/N-ethyl adjacent to an activating group) is 1. The fourth-order valence-corrected chi connectivity index (χ4v) is 5.68. The quantitative estimate of drug-likeness (QED) is 0.194. The van der Waals surface area contributed by atoms with Crippen LogP contribution >= 0.6 is 22.6 Å². The molecule has 1 N–H and O–H groups in total. The van der Waals surface area contributed by atoms with Crippen molar-refractivity contribution in [2.75, 3.05) is 43.4 Å². The Bertz CT molecular complexity index is 1690. The lowest BCUT2D eigenvalue weighted by Gasteiger charge is -2.34. The average molecular weight is 649 g/mol. The van der Waals surface area contributed by atoms with E-state index < -0.39 is 0 Å². The Balaban J connectivity index is 1.30. The molecular weight excluding hydrogens is 619 g/mol. The maximum atomic E-state index is 13.7. The average Bonchev–Trinajstić information content (AvgIpc) is 3.53. The Morgan fingerprint density at radius 1 is 1.02 bits per heavy atom. The van der Waals surface area contributed by atoms with E-state index in [2.05, 4.69) is 72.1 Å². The summed E-state index contributed by atoms with van der Waals surface area (Å²) in [6.45, 7) is 6.62. The van der Waals surface area contributed by atoms with Crippen LogP contribution in [0.5, 0.6) is 0 Å². The molecule has 204 valence electrons. The number of nitrogens with one attached hydrogen (secondary N) is 1. The summed E-state index contributed by atoms with van der Waals surface area (Å²) in [5.74, 6) is 0.899. The van der Waals surface area contributed by atoms with Gasteiger partial charge in [-0.2, -0.15) is 4.98 Å². The van der Waals surface area contributed by atoms with Crippen molar-refractivity contribution in [2.24, 2.45) is 0 Å². The number of benzene rings is 2. The van der Waals surface area contributed by atoms with Gasteiger partial charge in [0.1, 0.15) is 5.65 Å². The molecule has 0 saturated carbocycles. The molecule has 0 radical (unpaired) electrons. The predicted molar refractivity (Wildman–Crippen MR) is 165 cm³/mol. The minimum Gasteiger partial charge on any atom is -0.423 e. The highest BCUT2D eigenvalue weighted by Gasteiger charge is 2.17. The van der Waals surface area contributed by atoms with Crippen molar-refractivity contribution in [3.8, 4) is 22.6 Å². The van der Waals surface area contributed by atoms with Crippen molar-refractivity contribution in [1.82, 2.24) is 29.6 Å². The summed E-state index contributed by atoms with van der Waals surface area (Å²) < 4.78 is 7.78. The largest absolute Gasteiger partial charge is 0.423 e. The van der Waals surface area contributed by atoms with Crippen LogP contribution in [0.15, 0.2) is 70.3 Å². The molecular formula is C29H29IN8O2. The molecule has 6 rings (SSSR count). The molecule has 1 saturated heterocycles. The molecule has 1 aliphatic heterocycles. The summed E-state index contributed by atoms with van der Waals surface area (Å²) in [6.07, 6.45) is 3.08. The first kappa shape index (κ1) is 26.4. The SMILES string of the molecule is CCn1c(=O)c(-c2ccc(-c3nnco3)cc2CI)cc2cnc(Nc3ccc(N4CCN(C)CC4)cc3)nc21. The number of alkyl halides is 1. The molecule has 1 aliphatic rings. The van der Waals surface area contributed by atoms with Gasteiger partial charge in [-0.25, -0.2) is 4.98 Å². The normalized spacial score (nSPS) is 14.1. The first-order valence-electron chi connectivity index (χ1n) is 13.2. The van der Waals surface area contributed by atoms with E-state index in [0.717, 1.165) is 53.9 Å². The fraction of sp³-hybridized carbons (Fsp3) is 0.276. The molecule has 0 amide bonds. The van der Waals surface area contributed by atoms with E-state index >= 15 is 0 Å². The van der Waals surface area contributed by atoms with Gasteiger partial charge in [-0.15, -0.1) is 10.2 Å². The third kappa shape index (κ3) is 5.18. The first-order chi connectivity index (χ1) is 19.5. The van der Waals surface area contributed by atoms with E-state index in [9.17, 15) is 4.79 Å². The summed E-state index contributed by atoms with van der Waals surface area (Å²) >= 11 is 2.31. The molecule has 40 heavy (non-hydrogen) atoms. The van der Waals surface area contributed by atoms with Gasteiger partial charge in [0.2, 0.25) is 18.2 Å². The zero-order chi connectivity index (χ0) is 27.6. The number of nitrogens with zero attached hydrogens (tertiary/aromatic N) is 7. The summed E-state index contributed by atoms with van der Waals surface area (Å²) in [6, 6.07) is 16.1. The molecule has 10 nitrogen and oxygen atoms in total. The van der Waals surface area contributed by atoms with E-state index in [1.165, 1.54) is 12.1 Å². The molecule has 0 spiro atoms. The van der Waals surface area contributed by atoms with Crippen molar-refractivity contribution in [3.05, 3.63) is 77.0 Å². The Kier molecular flexibility index (Phi) is 7.48. The standard InChI is InChI=1S/C29H29IN8O2/c1-3-38-26-21(15-25(28(38)39)24-9-4-19(14-20(24)16-30)27-35-32-18-40-27)17-31-29(34-26)33-22-5-7-23(8-6-22)37-12-10-36(2)11-13-37/h4-9,14-15,17-18H,3,10-13,16H2,1-2H3,(H,31,33,34). The van der Waals surface area contributed by atoms with E-state index in [-0.39, 0.29) is 5.56 Å². The monoisotopic (exact) mass is 648 g/mol. The van der Waals surface area contributed by atoms with Crippen molar-refractivity contribution in [1.29, 1.82) is 0 Å². The van der Waals surface area contributed by atoms with E-state index in [4.69, 9.17) is 9.40 Å². The van der Waals surface area contributed by atoms with Crippen LogP contribution < -0.4 is 15.8 Å². The van der Waals surface area contributed by atoms with Gasteiger partial charge in [-0.05, 0) is 67.6 Å². The molecule has 0 aliphatic carbocycles. The van der Waals surface area contributed by atoms with Crippen molar-refractivity contribution in [2.45, 2.75) is 17.9 Å². The molecule has 1 fully saturated rings. The van der Waals surface area contributed by atoms with Crippen LogP contribution in [0.25, 0.3) is 33.6 Å². The number of hydrogen-bond acceptors (Lipinski definition) is 9. The third-order valence-electron chi connectivity index (χ3n) is 7.28. The Morgan fingerprint density at radius 2 is 1.82 bits per heavy atom. The molecule has 5 aromatic rings. The van der Waals surface area contributed by atoms with Crippen molar-refractivity contribution in [3.63, 3.8) is 0 Å². The van der Waals surface area contributed by atoms with Crippen LogP contribution in [0.1, 0.15) is 12.5 Å². The summed E-state index contributed by atoms with van der Waals surface area (Å²) in [7, 11) is 2.16. The number of fused-ring (bicyclic) bond motifs is 1. The number of piperazine rings is 1. The van der Waals surface area contributed by atoms with E-state index in [1.807, 2.05) is 43.3 Å². The van der Waals surface area contributed by atoms with Gasteiger partial charge in [0.15, 0.2) is 0 Å². The summed E-state index contributed by atoms with van der Waals surface area (Å²) in [5.41, 5.74) is 5.92. The fourth-order valence-electron chi connectivity index (χ4n) is 5.05. The van der Waals surface area contributed by atoms with Crippen LogP contribution in [-0.4, -0.2) is 62.9 Å². The van der Waals surface area contributed by atoms with E-state index in [1.54, 1.807) is 10.8 Å². The minimum absolute atomic E-state index is 0.0900. The van der Waals surface area contributed by atoms with Crippen molar-refractivity contribution >= 4 is 50.9 Å². The number of halogens is 1. The van der Waals surface area contributed by atoms with Gasteiger partial charge < -0.3 is 19.5 Å². The highest BCUT2D eigenvalue weighted by atomic mass is 127. The third-order valence-corrected chi connectivity index (χ3v) is 8.10. The zero-order valence-electron chi connectivity index (χ0n) is 22.3. The van der Waals surface area contributed by atoms with Gasteiger partial charge in [0, 0.05) is 71.2 Å². The van der Waals surface area contributed by atoms with Gasteiger partial charge in [-0.1, -0.05) is 28.7 Å². The van der Waals surface area contributed by atoms with Crippen molar-refractivity contribution < 1.29 is 4.42 Å². The molecule has 0 atom stereocenters. The predicted octanol–water partition coefficient (Wildman–Crippen LogP) is 4.96. The molecule has 0 bridgehead atoms. The second kappa shape index (κ2) is 11.3. The number of pyridine rings is 1. The highest BCUT2D eigenvalue weighted by Crippen LogP contribution is 2.30. The highest BCUT2D eigenvalue weighted by molar-refractivity contribution is 14.1. The number of hydrogen-bond donors (Lipinski definition) is 1. The number of rotatable bonds is 7. The number of aromatic nitrogens is 5. The molecule has 0 unspecified atom stereocenters. The first-order valence-corrected chi connectivity index (χ1v) is 14.7. The van der Waals surface area contributed by atoms with Crippen LogP contribution in [0.4, 0.5) is 17.3 Å². The maximum absolute atomic E-state index is 13.7. The molecule has 4 heterocycles. The maximum Gasteiger partial charge on any atom is 0.260 e. The summed E-state index contributed by atoms with van der Waals surface area (Å²) in [4.78, 5) is 27.8. The van der Waals surface area contributed by atoms with Gasteiger partial charge in [-0.3, -0.25) is 9.36 Å². The molecule has 11 heteroatoms. The Hall–Kier alpha value is -3.84. The van der Waals surface area contributed by atoms with Crippen LogP contribution in [0, 0.1) is 0 Å². The molecule has 3 aromatic heterocycles. The van der Waals surface area contributed by atoms with Gasteiger partial charge >= 0.3 is 0 Å². The van der Waals surface area contributed by atoms with Crippen LogP contribution in [0.2, 0.25) is 0 Å². The lowest BCUT2D eigenvalue weighted by atomic mass is 9.98. The Labute approximate surface area is 245 Å². The summed E-state index contributed by atoms with van der Waals surface area (Å²) in [5, 5.41) is 11.9. The lowest BCUT2D eigenvalue weighted by molar-refractivity contribution is 0.313. The van der Waals surface area contributed by atoms with Crippen LogP contribution in [0.3, 0.4) is 0 Å². The zero-order valence-corrected chi connectivity index (χ0v) is 24.5.